The summed E-state index contributed by atoms with van der Waals surface area (Å²) >= 11 is 0. The first-order chi connectivity index (χ1) is 12.2. The lowest BCUT2D eigenvalue weighted by atomic mass is 9.82. The lowest BCUT2D eigenvalue weighted by Gasteiger charge is -2.23. The average molecular weight is 339 g/mol. The number of nitrogens with two attached hydrogens (primary N) is 2. The first-order valence-corrected chi connectivity index (χ1v) is 9.13. The minimum Gasteiger partial charge on any atom is -0.382 e. The van der Waals surface area contributed by atoms with Crippen LogP contribution in [0.1, 0.15) is 56.3 Å². The molecule has 0 spiro atoms. The zero-order valence-electron chi connectivity index (χ0n) is 14.7. The number of nitrogens with zero attached hydrogens (tertiary/aromatic N) is 3. The van der Waals surface area contributed by atoms with Crippen LogP contribution in [0.25, 0.3) is 21.9 Å². The van der Waals surface area contributed by atoms with Gasteiger partial charge in [-0.15, -0.1) is 0 Å². The minimum atomic E-state index is 0.369. The number of hydrogen-bond acceptors (Lipinski definition) is 5. The van der Waals surface area contributed by atoms with Crippen molar-refractivity contribution in [1.29, 1.82) is 0 Å². The van der Waals surface area contributed by atoms with Crippen LogP contribution < -0.4 is 11.6 Å². The van der Waals surface area contributed by atoms with E-state index in [0.717, 1.165) is 16.4 Å². The number of aromatic nitrogens is 3. The molecular weight excluding hydrogens is 314 g/mol. The Labute approximate surface area is 147 Å². The van der Waals surface area contributed by atoms with Gasteiger partial charge in [-0.25, -0.2) is 14.6 Å². The zero-order valence-corrected chi connectivity index (χ0v) is 14.7. The molecule has 0 amide bonds. The number of hydrogen-bond donors (Lipinski definition) is 2. The molecule has 0 radical (unpaired) electrons. The fourth-order valence-electron chi connectivity index (χ4n) is 4.04. The van der Waals surface area contributed by atoms with Gasteiger partial charge in [-0.2, -0.15) is 0 Å². The summed E-state index contributed by atoms with van der Waals surface area (Å²) in [6.07, 6.45) is 6.33. The van der Waals surface area contributed by atoms with Gasteiger partial charge in [-0.3, -0.25) is 0 Å². The van der Waals surface area contributed by atoms with Crippen LogP contribution in [0.4, 0.5) is 5.82 Å². The van der Waals surface area contributed by atoms with Gasteiger partial charge in [-0.1, -0.05) is 31.4 Å². The number of ether oxygens (including phenoxy) is 1. The highest BCUT2D eigenvalue weighted by Crippen LogP contribution is 2.39. The maximum absolute atomic E-state index is 6.40. The number of nitrogen functional groups attached to an aromatic ring is 2. The molecule has 1 aliphatic carbocycles. The number of anilines is 1. The van der Waals surface area contributed by atoms with Gasteiger partial charge in [0.1, 0.15) is 17.6 Å². The summed E-state index contributed by atoms with van der Waals surface area (Å²) in [6, 6.07) is 6.29. The quantitative estimate of drug-likeness (QED) is 0.710. The van der Waals surface area contributed by atoms with Crippen molar-refractivity contribution >= 4 is 27.8 Å². The Morgan fingerprint density at radius 1 is 1.20 bits per heavy atom. The summed E-state index contributed by atoms with van der Waals surface area (Å²) in [4.78, 5) is 9.21. The fraction of sp³-hybridized carbons (Fsp3) is 0.474. The van der Waals surface area contributed by atoms with Gasteiger partial charge in [-0.05, 0) is 37.3 Å². The first-order valence-electron chi connectivity index (χ1n) is 9.13. The average Bonchev–Trinajstić information content (AvgIpc) is 2.97. The molecule has 4 rings (SSSR count). The van der Waals surface area contributed by atoms with Crippen LogP contribution in [0.2, 0.25) is 0 Å². The van der Waals surface area contributed by atoms with E-state index in [-0.39, 0.29) is 0 Å². The van der Waals surface area contributed by atoms with E-state index >= 15 is 0 Å². The van der Waals surface area contributed by atoms with Gasteiger partial charge in [0, 0.05) is 12.0 Å². The fourth-order valence-corrected chi connectivity index (χ4v) is 4.04. The van der Waals surface area contributed by atoms with E-state index in [1.165, 1.54) is 37.7 Å². The third kappa shape index (κ3) is 2.70. The second-order valence-corrected chi connectivity index (χ2v) is 6.81. The number of benzene rings is 1. The number of fused-ring (bicyclic) bond motifs is 3. The van der Waals surface area contributed by atoms with E-state index in [2.05, 4.69) is 22.1 Å². The molecule has 132 valence electrons. The molecule has 0 atom stereocenters. The largest absolute Gasteiger partial charge is 0.382 e. The normalized spacial score (nSPS) is 16.0. The topological polar surface area (TPSA) is 92.0 Å². The van der Waals surface area contributed by atoms with Crippen molar-refractivity contribution in [3.63, 3.8) is 0 Å². The maximum Gasteiger partial charge on any atom is 0.154 e. The molecule has 1 saturated carbocycles. The molecule has 1 fully saturated rings. The molecule has 0 saturated heterocycles. The van der Waals surface area contributed by atoms with Gasteiger partial charge in [0.15, 0.2) is 11.6 Å². The van der Waals surface area contributed by atoms with Crippen molar-refractivity contribution in [1.82, 2.24) is 14.6 Å². The van der Waals surface area contributed by atoms with Crippen LogP contribution in [0.5, 0.6) is 0 Å². The summed E-state index contributed by atoms with van der Waals surface area (Å²) < 4.78 is 7.14. The molecule has 3 aromatic rings. The molecule has 2 heterocycles. The molecule has 0 unspecified atom stereocenters. The number of pyridine rings is 1. The summed E-state index contributed by atoms with van der Waals surface area (Å²) in [5.74, 6) is 8.05. The predicted molar refractivity (Wildman–Crippen MR) is 101 cm³/mol. The standard InChI is InChI=1S/C19H25N5O/c1-2-25-11-15-23-17-18(24(15)21)16-13(12-7-4-3-5-8-12)9-6-10-14(16)22-19(17)20/h6,9-10,12H,2-5,7-8,11,21H2,1H3,(H2,20,22). The lowest BCUT2D eigenvalue weighted by Crippen LogP contribution is -2.14. The van der Waals surface area contributed by atoms with Crippen LogP contribution in [0, 0.1) is 0 Å². The highest BCUT2D eigenvalue weighted by Gasteiger charge is 2.23. The smallest absolute Gasteiger partial charge is 0.154 e. The van der Waals surface area contributed by atoms with Crippen molar-refractivity contribution in [2.45, 2.75) is 51.6 Å². The molecule has 2 aromatic heterocycles. The number of imidazole rings is 1. The lowest BCUT2D eigenvalue weighted by molar-refractivity contribution is 0.127. The van der Waals surface area contributed by atoms with E-state index in [1.54, 1.807) is 4.68 Å². The van der Waals surface area contributed by atoms with Crippen molar-refractivity contribution in [2.24, 2.45) is 0 Å². The SMILES string of the molecule is CCOCc1nc2c(N)nc3cccc(C4CCCCC4)c3c2n1N. The molecule has 1 aromatic carbocycles. The molecule has 6 nitrogen and oxygen atoms in total. The third-order valence-electron chi connectivity index (χ3n) is 5.26. The van der Waals surface area contributed by atoms with Crippen LogP contribution >= 0.6 is 0 Å². The van der Waals surface area contributed by atoms with E-state index in [1.807, 2.05) is 13.0 Å². The molecule has 0 bridgehead atoms. The third-order valence-corrected chi connectivity index (χ3v) is 5.26. The summed E-state index contributed by atoms with van der Waals surface area (Å²) in [5, 5.41) is 1.09. The van der Waals surface area contributed by atoms with Crippen LogP contribution in [0.15, 0.2) is 18.2 Å². The van der Waals surface area contributed by atoms with Gasteiger partial charge < -0.3 is 16.3 Å². The first kappa shape index (κ1) is 16.1. The Morgan fingerprint density at radius 3 is 2.76 bits per heavy atom. The molecule has 0 aliphatic heterocycles. The Hall–Kier alpha value is -2.34. The minimum absolute atomic E-state index is 0.369. The van der Waals surface area contributed by atoms with Crippen molar-refractivity contribution in [3.8, 4) is 0 Å². The summed E-state index contributed by atoms with van der Waals surface area (Å²) in [5.41, 5.74) is 9.94. The van der Waals surface area contributed by atoms with Crippen LogP contribution in [-0.4, -0.2) is 21.3 Å². The van der Waals surface area contributed by atoms with Gasteiger partial charge >= 0.3 is 0 Å². The Bertz CT molecular complexity index is 911. The Morgan fingerprint density at radius 2 is 2.00 bits per heavy atom. The van der Waals surface area contributed by atoms with E-state index in [9.17, 15) is 0 Å². The van der Waals surface area contributed by atoms with Gasteiger partial charge in [0.2, 0.25) is 0 Å². The molecule has 25 heavy (non-hydrogen) atoms. The predicted octanol–water partition coefficient (Wildman–Crippen LogP) is 3.46. The zero-order chi connectivity index (χ0) is 17.4. The Kier molecular flexibility index (Phi) is 4.21. The van der Waals surface area contributed by atoms with Crippen molar-refractivity contribution in [3.05, 3.63) is 29.6 Å². The van der Waals surface area contributed by atoms with Crippen LogP contribution in [-0.2, 0) is 11.3 Å². The Balaban J connectivity index is 1.98. The summed E-state index contributed by atoms with van der Waals surface area (Å²) in [7, 11) is 0. The van der Waals surface area contributed by atoms with Crippen LogP contribution in [0.3, 0.4) is 0 Å². The molecule has 1 aliphatic rings. The second kappa shape index (κ2) is 6.52. The summed E-state index contributed by atoms with van der Waals surface area (Å²) in [6.45, 7) is 2.94. The maximum atomic E-state index is 6.40. The molecule has 6 heteroatoms. The van der Waals surface area contributed by atoms with Gasteiger partial charge in [0.25, 0.3) is 0 Å². The van der Waals surface area contributed by atoms with E-state index in [4.69, 9.17) is 16.3 Å². The van der Waals surface area contributed by atoms with E-state index in [0.29, 0.717) is 36.3 Å². The molecular formula is C19H25N5O. The van der Waals surface area contributed by atoms with E-state index < -0.39 is 0 Å². The van der Waals surface area contributed by atoms with Gasteiger partial charge in [0.05, 0.1) is 5.52 Å². The van der Waals surface area contributed by atoms with Crippen molar-refractivity contribution < 1.29 is 4.74 Å². The van der Waals surface area contributed by atoms with Crippen molar-refractivity contribution in [2.75, 3.05) is 18.2 Å². The highest BCUT2D eigenvalue weighted by molar-refractivity contribution is 6.08. The second-order valence-electron chi connectivity index (χ2n) is 6.81. The highest BCUT2D eigenvalue weighted by atomic mass is 16.5. The monoisotopic (exact) mass is 339 g/mol. The number of rotatable bonds is 4. The molecule has 4 N–H and O–H groups in total.